The smallest absolute Gasteiger partial charge is 0.115 e. The number of phenolic OH excluding ortho intramolecular Hbond substituents is 1. The Morgan fingerprint density at radius 1 is 0.293 bits per heavy atom. The van der Waals surface area contributed by atoms with Gasteiger partial charge >= 0.3 is 0 Å². The molecular weight excluding hydrogens is 707 g/mol. The standard InChI is InChI=1S/C54H37N3O/c58-46-31-29-45(30-32-46)55(43-25-19-37(20-26-43)39-24-34-53-50(35-39)48-16-8-10-18-52(48)56(53)41-11-3-1-4-12-41)44-27-21-38(22-28-44)40-23-33-49-47-15-7-9-17-51(47)57(54(49)36-40)42-13-5-2-6-14-42/h1-36,58H. The molecule has 0 spiro atoms. The van der Waals surface area contributed by atoms with Crippen LogP contribution in [0.5, 0.6) is 5.75 Å². The predicted molar refractivity (Wildman–Crippen MR) is 242 cm³/mol. The van der Waals surface area contributed by atoms with Crippen LogP contribution in [0.15, 0.2) is 218 Å². The van der Waals surface area contributed by atoms with Gasteiger partial charge in [0.2, 0.25) is 0 Å². The van der Waals surface area contributed by atoms with E-state index in [9.17, 15) is 5.11 Å². The highest BCUT2D eigenvalue weighted by atomic mass is 16.3. The van der Waals surface area contributed by atoms with Crippen LogP contribution in [0.4, 0.5) is 17.1 Å². The van der Waals surface area contributed by atoms with Crippen molar-refractivity contribution >= 4 is 60.7 Å². The van der Waals surface area contributed by atoms with Crippen molar-refractivity contribution in [2.45, 2.75) is 0 Å². The molecule has 2 aromatic heterocycles. The van der Waals surface area contributed by atoms with E-state index in [1.807, 2.05) is 12.1 Å². The average molecular weight is 744 g/mol. The van der Waals surface area contributed by atoms with Crippen LogP contribution in [0.2, 0.25) is 0 Å². The molecule has 0 unspecified atom stereocenters. The molecule has 0 aliphatic rings. The minimum atomic E-state index is 0.238. The van der Waals surface area contributed by atoms with Gasteiger partial charge in [-0.15, -0.1) is 0 Å². The Morgan fingerprint density at radius 3 is 1.26 bits per heavy atom. The molecule has 11 aromatic rings. The van der Waals surface area contributed by atoms with Gasteiger partial charge in [-0.1, -0.05) is 115 Å². The molecule has 11 rings (SSSR count). The van der Waals surface area contributed by atoms with Gasteiger partial charge in [-0.3, -0.25) is 0 Å². The second-order valence-electron chi connectivity index (χ2n) is 14.8. The normalized spacial score (nSPS) is 11.5. The van der Waals surface area contributed by atoms with E-state index < -0.39 is 0 Å². The van der Waals surface area contributed by atoms with E-state index in [1.54, 1.807) is 12.1 Å². The second kappa shape index (κ2) is 13.7. The maximum atomic E-state index is 10.2. The van der Waals surface area contributed by atoms with Crippen molar-refractivity contribution in [3.63, 3.8) is 0 Å². The molecule has 58 heavy (non-hydrogen) atoms. The lowest BCUT2D eigenvalue weighted by Crippen LogP contribution is -2.09. The first-order valence-corrected chi connectivity index (χ1v) is 19.7. The van der Waals surface area contributed by atoms with Gasteiger partial charge in [0.05, 0.1) is 22.1 Å². The topological polar surface area (TPSA) is 33.3 Å². The summed E-state index contributed by atoms with van der Waals surface area (Å²) in [7, 11) is 0. The summed E-state index contributed by atoms with van der Waals surface area (Å²) in [5.41, 5.74) is 14.7. The number of para-hydroxylation sites is 4. The monoisotopic (exact) mass is 743 g/mol. The number of benzene rings is 9. The third-order valence-corrected chi connectivity index (χ3v) is 11.4. The summed E-state index contributed by atoms with van der Waals surface area (Å²) in [5.74, 6) is 0.238. The molecule has 0 aliphatic carbocycles. The number of aromatic nitrogens is 2. The highest BCUT2D eigenvalue weighted by molar-refractivity contribution is 6.11. The summed E-state index contributed by atoms with van der Waals surface area (Å²) in [6.07, 6.45) is 0. The summed E-state index contributed by atoms with van der Waals surface area (Å²) < 4.78 is 4.71. The van der Waals surface area contributed by atoms with E-state index >= 15 is 0 Å². The number of rotatable bonds is 7. The highest BCUT2D eigenvalue weighted by Gasteiger charge is 2.17. The lowest BCUT2D eigenvalue weighted by Gasteiger charge is -2.26. The molecule has 9 aromatic carbocycles. The van der Waals surface area contributed by atoms with Crippen molar-refractivity contribution in [2.75, 3.05) is 4.90 Å². The van der Waals surface area contributed by atoms with Gasteiger partial charge in [-0.2, -0.15) is 0 Å². The number of hydrogen-bond acceptors (Lipinski definition) is 2. The van der Waals surface area contributed by atoms with Gasteiger partial charge in [-0.05, 0) is 125 Å². The van der Waals surface area contributed by atoms with Crippen LogP contribution in [0.1, 0.15) is 0 Å². The summed E-state index contributed by atoms with van der Waals surface area (Å²) in [4.78, 5) is 2.24. The number of aromatic hydroxyl groups is 1. The molecule has 1 N–H and O–H groups in total. The molecule has 0 aliphatic heterocycles. The summed E-state index contributed by atoms with van der Waals surface area (Å²) in [5, 5.41) is 15.2. The molecular formula is C54H37N3O. The van der Waals surface area contributed by atoms with Gasteiger partial charge in [0.25, 0.3) is 0 Å². The van der Waals surface area contributed by atoms with Gasteiger partial charge in [0.1, 0.15) is 5.75 Å². The number of hydrogen-bond donors (Lipinski definition) is 1. The Labute approximate surface area is 336 Å². The molecule has 0 fully saturated rings. The fourth-order valence-electron chi connectivity index (χ4n) is 8.67. The van der Waals surface area contributed by atoms with E-state index in [0.29, 0.717) is 0 Å². The Hall–Kier alpha value is -7.82. The predicted octanol–water partition coefficient (Wildman–Crippen LogP) is 14.4. The van der Waals surface area contributed by atoms with Crippen molar-refractivity contribution in [1.82, 2.24) is 9.13 Å². The highest BCUT2D eigenvalue weighted by Crippen LogP contribution is 2.40. The molecule has 274 valence electrons. The fourth-order valence-corrected chi connectivity index (χ4v) is 8.67. The van der Waals surface area contributed by atoms with Crippen LogP contribution in [0.25, 0.3) is 77.2 Å². The lowest BCUT2D eigenvalue weighted by molar-refractivity contribution is 0.475. The minimum Gasteiger partial charge on any atom is -0.508 e. The number of fused-ring (bicyclic) bond motifs is 6. The summed E-state index contributed by atoms with van der Waals surface area (Å²) >= 11 is 0. The molecule has 4 nitrogen and oxygen atoms in total. The first-order valence-electron chi connectivity index (χ1n) is 19.7. The van der Waals surface area contributed by atoms with Gasteiger partial charge in [0.15, 0.2) is 0 Å². The fraction of sp³-hybridized carbons (Fsp3) is 0. The zero-order valence-electron chi connectivity index (χ0n) is 31.6. The van der Waals surface area contributed by atoms with E-state index in [1.165, 1.54) is 49.2 Å². The van der Waals surface area contributed by atoms with Crippen LogP contribution in [-0.4, -0.2) is 14.2 Å². The van der Waals surface area contributed by atoms with Crippen molar-refractivity contribution in [3.05, 3.63) is 218 Å². The first-order chi connectivity index (χ1) is 28.7. The molecule has 0 radical (unpaired) electrons. The lowest BCUT2D eigenvalue weighted by atomic mass is 10.0. The first kappa shape index (κ1) is 33.5. The van der Waals surface area contributed by atoms with E-state index in [2.05, 4.69) is 208 Å². The van der Waals surface area contributed by atoms with Crippen molar-refractivity contribution in [3.8, 4) is 39.4 Å². The third kappa shape index (κ3) is 5.62. The molecule has 4 heteroatoms. The van der Waals surface area contributed by atoms with Crippen molar-refractivity contribution in [2.24, 2.45) is 0 Å². The molecule has 0 saturated carbocycles. The van der Waals surface area contributed by atoms with Crippen LogP contribution in [0, 0.1) is 0 Å². The van der Waals surface area contributed by atoms with E-state index in [0.717, 1.165) is 45.1 Å². The SMILES string of the molecule is Oc1ccc(N(c2ccc(-c3ccc4c(c3)c3ccccc3n4-c3ccccc3)cc2)c2ccc(-c3ccc4c5ccccc5n(-c5ccccc5)c4c3)cc2)cc1. The van der Waals surface area contributed by atoms with Gasteiger partial charge < -0.3 is 19.1 Å². The minimum absolute atomic E-state index is 0.238. The maximum Gasteiger partial charge on any atom is 0.115 e. The summed E-state index contributed by atoms with van der Waals surface area (Å²) in [6, 6.07) is 77.0. The zero-order valence-corrected chi connectivity index (χ0v) is 31.6. The zero-order chi connectivity index (χ0) is 38.6. The largest absolute Gasteiger partial charge is 0.508 e. The van der Waals surface area contributed by atoms with Gasteiger partial charge in [-0.25, -0.2) is 0 Å². The molecule has 0 atom stereocenters. The van der Waals surface area contributed by atoms with Crippen LogP contribution in [-0.2, 0) is 0 Å². The quantitative estimate of drug-likeness (QED) is 0.176. The van der Waals surface area contributed by atoms with E-state index in [-0.39, 0.29) is 5.75 Å². The van der Waals surface area contributed by atoms with Crippen LogP contribution < -0.4 is 4.90 Å². The second-order valence-corrected chi connectivity index (χ2v) is 14.8. The maximum absolute atomic E-state index is 10.2. The van der Waals surface area contributed by atoms with E-state index in [4.69, 9.17) is 0 Å². The van der Waals surface area contributed by atoms with Crippen LogP contribution >= 0.6 is 0 Å². The number of nitrogens with zero attached hydrogens (tertiary/aromatic N) is 3. The Bertz CT molecular complexity index is 3250. The Balaban J connectivity index is 0.959. The third-order valence-electron chi connectivity index (χ3n) is 11.4. The summed E-state index contributed by atoms with van der Waals surface area (Å²) in [6.45, 7) is 0. The molecule has 2 heterocycles. The average Bonchev–Trinajstić information content (AvgIpc) is 3.80. The van der Waals surface area contributed by atoms with Crippen molar-refractivity contribution < 1.29 is 5.11 Å². The van der Waals surface area contributed by atoms with Crippen molar-refractivity contribution in [1.29, 1.82) is 0 Å². The Morgan fingerprint density at radius 2 is 0.690 bits per heavy atom. The Kier molecular flexibility index (Phi) is 7.93. The molecule has 0 saturated heterocycles. The van der Waals surface area contributed by atoms with Crippen LogP contribution in [0.3, 0.4) is 0 Å². The number of phenols is 1. The number of anilines is 3. The molecule has 0 bridgehead atoms. The van der Waals surface area contributed by atoms with Gasteiger partial charge in [0, 0.05) is 50.0 Å². The molecule has 0 amide bonds.